The number of carbonyl (C=O) groups is 1. The highest BCUT2D eigenvalue weighted by Gasteiger charge is 2.59. The monoisotopic (exact) mass is 472 g/mol. The predicted octanol–water partition coefficient (Wildman–Crippen LogP) is 5.60. The van der Waals surface area contributed by atoms with Gasteiger partial charge in [-0.3, -0.25) is 9.35 Å². The Morgan fingerprint density at radius 2 is 1.36 bits per heavy atom. The first-order chi connectivity index (χ1) is 15.9. The van der Waals surface area contributed by atoms with Crippen LogP contribution in [0.3, 0.4) is 0 Å². The second-order valence-electron chi connectivity index (χ2n) is 11.4. The molecule has 2 bridgehead atoms. The number of hydrogen-bond acceptors (Lipinski definition) is 4. The number of fused-ring (bicyclic) bond motifs is 2. The van der Waals surface area contributed by atoms with Gasteiger partial charge in [0.15, 0.2) is 0 Å². The topological polar surface area (TPSA) is 80.7 Å². The van der Waals surface area contributed by atoms with E-state index < -0.39 is 10.1 Å². The van der Waals surface area contributed by atoms with Crippen LogP contribution in [-0.2, 0) is 27.8 Å². The molecule has 180 valence electrons. The van der Waals surface area contributed by atoms with E-state index in [-0.39, 0.29) is 16.8 Å². The minimum atomic E-state index is -4.28. The van der Waals surface area contributed by atoms with E-state index in [4.69, 9.17) is 4.74 Å². The summed E-state index contributed by atoms with van der Waals surface area (Å²) in [5.41, 5.74) is 1.44. The highest BCUT2D eigenvalue weighted by atomic mass is 32.2. The third-order valence-corrected chi connectivity index (χ3v) is 11.0. The Bertz CT molecular complexity index is 1020. The molecule has 0 saturated heterocycles. The van der Waals surface area contributed by atoms with Crippen molar-refractivity contribution in [3.8, 4) is 5.75 Å². The van der Waals surface area contributed by atoms with Gasteiger partial charge in [0.1, 0.15) is 5.75 Å². The van der Waals surface area contributed by atoms with Gasteiger partial charge in [-0.15, -0.1) is 0 Å². The van der Waals surface area contributed by atoms with Crippen molar-refractivity contribution in [1.29, 1.82) is 0 Å². The van der Waals surface area contributed by atoms with E-state index in [0.29, 0.717) is 47.8 Å². The van der Waals surface area contributed by atoms with Crippen LogP contribution in [0.4, 0.5) is 0 Å². The minimum absolute atomic E-state index is 0.0193. The Morgan fingerprint density at radius 1 is 0.788 bits per heavy atom. The zero-order valence-corrected chi connectivity index (χ0v) is 20.2. The first-order valence-electron chi connectivity index (χ1n) is 13.3. The van der Waals surface area contributed by atoms with Gasteiger partial charge in [0.25, 0.3) is 10.1 Å². The molecule has 5 nitrogen and oxygen atoms in total. The first-order valence-corrected chi connectivity index (χ1v) is 14.7. The number of rotatable bonds is 3. The Labute approximate surface area is 197 Å². The van der Waals surface area contributed by atoms with Crippen LogP contribution in [0, 0.1) is 41.4 Å². The Balaban J connectivity index is 1.30. The van der Waals surface area contributed by atoms with Crippen molar-refractivity contribution in [2.45, 2.75) is 88.4 Å². The summed E-state index contributed by atoms with van der Waals surface area (Å²) in [5.74, 6) is 4.55. The Kier molecular flexibility index (Phi) is 5.60. The third kappa shape index (κ3) is 3.67. The average Bonchev–Trinajstić information content (AvgIpc) is 2.83. The largest absolute Gasteiger partial charge is 0.426 e. The molecule has 0 heterocycles. The van der Waals surface area contributed by atoms with Gasteiger partial charge in [-0.25, -0.2) is 0 Å². The number of benzene rings is 1. The lowest BCUT2D eigenvalue weighted by Crippen LogP contribution is -2.58. The molecule has 5 atom stereocenters. The van der Waals surface area contributed by atoms with E-state index in [1.165, 1.54) is 57.4 Å². The number of carbonyl (C=O) groups excluding carboxylic acids is 1. The normalized spacial score (nSPS) is 37.5. The van der Waals surface area contributed by atoms with Crippen molar-refractivity contribution in [3.05, 3.63) is 23.3 Å². The smallest absolute Gasteiger partial charge is 0.314 e. The van der Waals surface area contributed by atoms with Crippen LogP contribution in [0.5, 0.6) is 5.75 Å². The maximum atomic E-state index is 13.7. The van der Waals surface area contributed by atoms with E-state index in [0.717, 1.165) is 36.7 Å². The summed E-state index contributed by atoms with van der Waals surface area (Å²) in [6, 6.07) is 3.02. The van der Waals surface area contributed by atoms with Crippen molar-refractivity contribution >= 4 is 16.1 Å². The molecule has 5 unspecified atom stereocenters. The van der Waals surface area contributed by atoms with Crippen molar-refractivity contribution < 1.29 is 22.5 Å². The van der Waals surface area contributed by atoms with E-state index in [2.05, 4.69) is 0 Å². The van der Waals surface area contributed by atoms with Crippen LogP contribution in [0.2, 0.25) is 0 Å². The molecule has 33 heavy (non-hydrogen) atoms. The number of ether oxygens (including phenoxy) is 1. The lowest BCUT2D eigenvalue weighted by atomic mass is 9.42. The van der Waals surface area contributed by atoms with Gasteiger partial charge in [-0.1, -0.05) is 25.7 Å². The summed E-state index contributed by atoms with van der Waals surface area (Å²) in [6.07, 6.45) is 14.6. The molecule has 0 amide bonds. The van der Waals surface area contributed by atoms with Gasteiger partial charge >= 0.3 is 5.97 Å². The number of hydrogen-bond donors (Lipinski definition) is 1. The van der Waals surface area contributed by atoms with Crippen molar-refractivity contribution in [2.24, 2.45) is 41.4 Å². The molecule has 0 aromatic heterocycles. The van der Waals surface area contributed by atoms with Gasteiger partial charge in [0, 0.05) is 0 Å². The molecule has 0 aliphatic heterocycles. The van der Waals surface area contributed by atoms with Gasteiger partial charge in [-0.2, -0.15) is 8.42 Å². The fourth-order valence-electron chi connectivity index (χ4n) is 9.00. The van der Waals surface area contributed by atoms with E-state index in [1.54, 1.807) is 6.07 Å². The molecule has 5 fully saturated rings. The van der Waals surface area contributed by atoms with Gasteiger partial charge in [0.2, 0.25) is 0 Å². The fraction of sp³-hybridized carbons (Fsp3) is 0.741. The Morgan fingerprint density at radius 3 is 1.97 bits per heavy atom. The van der Waals surface area contributed by atoms with E-state index >= 15 is 0 Å². The zero-order valence-electron chi connectivity index (χ0n) is 19.4. The lowest BCUT2D eigenvalue weighted by Gasteiger charge is -2.62. The molecule has 1 aromatic rings. The summed E-state index contributed by atoms with van der Waals surface area (Å²) < 4.78 is 39.6. The SMILES string of the molecule is O=C(Oc1ccc(S(=O)(=O)O)c2c1CCCC2)C1CC2C3CCCCC3C1C1CCCCC21. The molecule has 0 radical (unpaired) electrons. The van der Waals surface area contributed by atoms with E-state index in [9.17, 15) is 17.8 Å². The highest BCUT2D eigenvalue weighted by molar-refractivity contribution is 7.85. The molecule has 7 rings (SSSR count). The lowest BCUT2D eigenvalue weighted by molar-refractivity contribution is -0.171. The van der Waals surface area contributed by atoms with E-state index in [1.807, 2.05) is 0 Å². The second-order valence-corrected chi connectivity index (χ2v) is 12.8. The molecule has 1 aromatic carbocycles. The first kappa shape index (κ1) is 22.1. The van der Waals surface area contributed by atoms with Gasteiger partial charge < -0.3 is 4.74 Å². The van der Waals surface area contributed by atoms with Gasteiger partial charge in [0.05, 0.1) is 10.8 Å². The predicted molar refractivity (Wildman–Crippen MR) is 125 cm³/mol. The second kappa shape index (κ2) is 8.37. The van der Waals surface area contributed by atoms with Crippen LogP contribution in [0.25, 0.3) is 0 Å². The molecule has 6 aliphatic rings. The van der Waals surface area contributed by atoms with Crippen LogP contribution in [0.1, 0.15) is 81.8 Å². The third-order valence-electron chi connectivity index (χ3n) is 10.1. The quantitative estimate of drug-likeness (QED) is 0.352. The maximum Gasteiger partial charge on any atom is 0.314 e. The molecular formula is C27H36O5S. The minimum Gasteiger partial charge on any atom is -0.426 e. The summed E-state index contributed by atoms with van der Waals surface area (Å²) in [7, 11) is -4.28. The van der Waals surface area contributed by atoms with Gasteiger partial charge in [-0.05, 0) is 117 Å². The molecular weight excluding hydrogens is 436 g/mol. The Hall–Kier alpha value is -1.40. The van der Waals surface area contributed by atoms with Crippen LogP contribution in [-0.4, -0.2) is 18.9 Å². The molecule has 5 saturated carbocycles. The standard InChI is InChI=1S/C27H36O5S/c28-27(32-24-13-14-25(33(29,30)31)19-10-4-3-9-18(19)24)23-15-22-16-7-1-5-11-20(16)26(23)21-12-6-2-8-17(21)22/h13-14,16-17,20-23,26H,1-12,15H2,(H,29,30,31). The molecule has 6 aliphatic carbocycles. The summed E-state index contributed by atoms with van der Waals surface area (Å²) in [5, 5.41) is 0. The number of esters is 1. The summed E-state index contributed by atoms with van der Waals surface area (Å²) >= 11 is 0. The molecule has 6 heteroatoms. The highest BCUT2D eigenvalue weighted by Crippen LogP contribution is 2.64. The molecule has 1 N–H and O–H groups in total. The van der Waals surface area contributed by atoms with Crippen molar-refractivity contribution in [3.63, 3.8) is 0 Å². The summed E-state index contributed by atoms with van der Waals surface area (Å²) in [4.78, 5) is 13.7. The fourth-order valence-corrected chi connectivity index (χ4v) is 9.78. The van der Waals surface area contributed by atoms with Crippen LogP contribution in [0.15, 0.2) is 17.0 Å². The van der Waals surface area contributed by atoms with Crippen LogP contribution >= 0.6 is 0 Å². The van der Waals surface area contributed by atoms with Crippen molar-refractivity contribution in [1.82, 2.24) is 0 Å². The average molecular weight is 473 g/mol. The van der Waals surface area contributed by atoms with Crippen molar-refractivity contribution in [2.75, 3.05) is 0 Å². The maximum absolute atomic E-state index is 13.7. The van der Waals surface area contributed by atoms with Crippen LogP contribution < -0.4 is 4.74 Å². The summed E-state index contributed by atoms with van der Waals surface area (Å²) in [6.45, 7) is 0. The molecule has 0 spiro atoms. The zero-order chi connectivity index (χ0) is 22.7.